The zero-order valence-electron chi connectivity index (χ0n) is 13.7. The molecule has 4 heteroatoms. The maximum absolute atomic E-state index is 12.6. The van der Waals surface area contributed by atoms with Crippen molar-refractivity contribution in [1.29, 1.82) is 0 Å². The zero-order chi connectivity index (χ0) is 15.5. The average molecular weight is 308 g/mol. The summed E-state index contributed by atoms with van der Waals surface area (Å²) in [5.74, 6) is 0.735. The Hall–Kier alpha value is -1.03. The van der Waals surface area contributed by atoms with Crippen molar-refractivity contribution in [2.24, 2.45) is 11.3 Å². The zero-order valence-corrected chi connectivity index (χ0v) is 14.5. The molecule has 2 rings (SSSR count). The number of urea groups is 1. The first-order valence-corrected chi connectivity index (χ1v) is 8.84. The predicted octanol–water partition coefficient (Wildman–Crippen LogP) is 4.67. The highest BCUT2D eigenvalue weighted by atomic mass is 32.1. The molecule has 0 aromatic carbocycles. The van der Waals surface area contributed by atoms with Gasteiger partial charge in [-0.05, 0) is 42.0 Å². The highest BCUT2D eigenvalue weighted by Crippen LogP contribution is 2.35. The molecule has 0 aliphatic carbocycles. The lowest BCUT2D eigenvalue weighted by atomic mass is 9.86. The largest absolute Gasteiger partial charge is 0.330 e. The molecule has 0 saturated carbocycles. The van der Waals surface area contributed by atoms with Gasteiger partial charge in [-0.15, -0.1) is 11.3 Å². The Labute approximate surface area is 132 Å². The molecule has 0 bridgehead atoms. The van der Waals surface area contributed by atoms with Gasteiger partial charge >= 0.3 is 6.03 Å². The molecule has 2 atom stereocenters. The van der Waals surface area contributed by atoms with E-state index in [4.69, 9.17) is 0 Å². The van der Waals surface area contributed by atoms with Crippen LogP contribution in [0.1, 0.15) is 57.9 Å². The number of thiophene rings is 1. The van der Waals surface area contributed by atoms with Gasteiger partial charge in [0.15, 0.2) is 0 Å². The lowest BCUT2D eigenvalue weighted by molar-refractivity contribution is 0.181. The van der Waals surface area contributed by atoms with E-state index in [0.717, 1.165) is 31.8 Å². The van der Waals surface area contributed by atoms with Crippen LogP contribution in [-0.4, -0.2) is 24.0 Å². The van der Waals surface area contributed by atoms with Gasteiger partial charge in [-0.25, -0.2) is 4.79 Å². The fourth-order valence-electron chi connectivity index (χ4n) is 2.85. The van der Waals surface area contributed by atoms with E-state index in [-0.39, 0.29) is 17.5 Å². The van der Waals surface area contributed by atoms with E-state index in [1.807, 2.05) is 4.90 Å². The molecule has 0 radical (unpaired) electrons. The van der Waals surface area contributed by atoms with Crippen molar-refractivity contribution in [3.63, 3.8) is 0 Å². The second kappa shape index (κ2) is 6.82. The van der Waals surface area contributed by atoms with E-state index in [1.165, 1.54) is 11.3 Å². The molecule has 1 aliphatic rings. The van der Waals surface area contributed by atoms with E-state index in [1.54, 1.807) is 11.3 Å². The van der Waals surface area contributed by atoms with Crippen LogP contribution in [-0.2, 0) is 0 Å². The SMILES string of the molecule is C[C@H]1CCCN(C(=O)N[C@@H](c2cccs2)C(C)(C)C)CC1. The molecular weight excluding hydrogens is 280 g/mol. The number of hydrogen-bond donors (Lipinski definition) is 1. The van der Waals surface area contributed by atoms with Gasteiger partial charge in [0.25, 0.3) is 0 Å². The van der Waals surface area contributed by atoms with Crippen molar-refractivity contribution in [3.8, 4) is 0 Å². The Morgan fingerprint density at radius 3 is 2.76 bits per heavy atom. The van der Waals surface area contributed by atoms with Crippen LogP contribution in [0.15, 0.2) is 17.5 Å². The molecule has 1 saturated heterocycles. The van der Waals surface area contributed by atoms with Crippen LogP contribution in [0.4, 0.5) is 4.79 Å². The fourth-order valence-corrected chi connectivity index (χ4v) is 3.87. The number of carbonyl (C=O) groups is 1. The number of rotatable bonds is 2. The Morgan fingerprint density at radius 1 is 1.38 bits per heavy atom. The summed E-state index contributed by atoms with van der Waals surface area (Å²) in [6, 6.07) is 4.34. The van der Waals surface area contributed by atoms with Crippen molar-refractivity contribution in [3.05, 3.63) is 22.4 Å². The van der Waals surface area contributed by atoms with Gasteiger partial charge in [-0.1, -0.05) is 33.8 Å². The standard InChI is InChI=1S/C17H28N2OS/c1-13-7-5-10-19(11-9-13)16(20)18-15(17(2,3)4)14-8-6-12-21-14/h6,8,12-13,15H,5,7,9-11H2,1-4H3,(H,18,20)/t13-,15-/m0/s1. The lowest BCUT2D eigenvalue weighted by Crippen LogP contribution is -2.45. The average Bonchev–Trinajstić information content (AvgIpc) is 2.83. The number of amides is 2. The number of nitrogens with zero attached hydrogens (tertiary/aromatic N) is 1. The summed E-state index contributed by atoms with van der Waals surface area (Å²) in [5.41, 5.74) is 0.0135. The number of likely N-dealkylation sites (tertiary alicyclic amines) is 1. The second-order valence-corrected chi connectivity index (χ2v) is 8.27. The minimum atomic E-state index is 0.0135. The number of hydrogen-bond acceptors (Lipinski definition) is 2. The summed E-state index contributed by atoms with van der Waals surface area (Å²) in [5, 5.41) is 5.35. The predicted molar refractivity (Wildman–Crippen MR) is 89.6 cm³/mol. The van der Waals surface area contributed by atoms with Crippen molar-refractivity contribution in [2.45, 2.75) is 53.0 Å². The molecule has 0 unspecified atom stereocenters. The summed E-state index contributed by atoms with van der Waals surface area (Å²) in [4.78, 5) is 15.9. The van der Waals surface area contributed by atoms with E-state index in [9.17, 15) is 4.79 Å². The third-order valence-corrected chi connectivity index (χ3v) is 5.20. The molecule has 1 aliphatic heterocycles. The van der Waals surface area contributed by atoms with Crippen molar-refractivity contribution >= 4 is 17.4 Å². The Kier molecular flexibility index (Phi) is 5.31. The fraction of sp³-hybridized carbons (Fsp3) is 0.706. The molecule has 2 heterocycles. The van der Waals surface area contributed by atoms with Crippen LogP contribution in [0, 0.1) is 11.3 Å². The maximum atomic E-state index is 12.6. The molecule has 1 aromatic heterocycles. The van der Waals surface area contributed by atoms with E-state index >= 15 is 0 Å². The summed E-state index contributed by atoms with van der Waals surface area (Å²) < 4.78 is 0. The van der Waals surface area contributed by atoms with Gasteiger partial charge in [0.2, 0.25) is 0 Å². The normalized spacial score (nSPS) is 21.7. The van der Waals surface area contributed by atoms with E-state index in [2.05, 4.69) is 50.5 Å². The van der Waals surface area contributed by atoms with Crippen LogP contribution in [0.5, 0.6) is 0 Å². The second-order valence-electron chi connectivity index (χ2n) is 7.29. The van der Waals surface area contributed by atoms with Gasteiger partial charge in [0, 0.05) is 18.0 Å². The first-order valence-electron chi connectivity index (χ1n) is 7.97. The van der Waals surface area contributed by atoms with Gasteiger partial charge in [0.1, 0.15) is 0 Å². The van der Waals surface area contributed by atoms with Crippen LogP contribution in [0.25, 0.3) is 0 Å². The van der Waals surface area contributed by atoms with Gasteiger partial charge in [-0.3, -0.25) is 0 Å². The molecule has 3 nitrogen and oxygen atoms in total. The topological polar surface area (TPSA) is 32.3 Å². The first-order chi connectivity index (χ1) is 9.88. The Morgan fingerprint density at radius 2 is 2.14 bits per heavy atom. The highest BCUT2D eigenvalue weighted by molar-refractivity contribution is 7.10. The first kappa shape index (κ1) is 16.3. The Balaban J connectivity index is 2.04. The van der Waals surface area contributed by atoms with E-state index < -0.39 is 0 Å². The number of carbonyl (C=O) groups excluding carboxylic acids is 1. The highest BCUT2D eigenvalue weighted by Gasteiger charge is 2.30. The van der Waals surface area contributed by atoms with Crippen molar-refractivity contribution in [1.82, 2.24) is 10.2 Å². The Bertz CT molecular complexity index is 450. The third-order valence-electron chi connectivity index (χ3n) is 4.27. The minimum absolute atomic E-state index is 0.0135. The van der Waals surface area contributed by atoms with Gasteiger partial charge in [0.05, 0.1) is 6.04 Å². The summed E-state index contributed by atoms with van der Waals surface area (Å²) >= 11 is 1.72. The quantitative estimate of drug-likeness (QED) is 0.846. The molecule has 118 valence electrons. The molecule has 1 N–H and O–H groups in total. The number of nitrogens with one attached hydrogen (secondary N) is 1. The molecule has 0 spiro atoms. The van der Waals surface area contributed by atoms with Crippen molar-refractivity contribution < 1.29 is 4.79 Å². The third kappa shape index (κ3) is 4.47. The van der Waals surface area contributed by atoms with Crippen molar-refractivity contribution in [2.75, 3.05) is 13.1 Å². The summed E-state index contributed by atoms with van der Waals surface area (Å²) in [6.45, 7) is 10.6. The molecular formula is C17H28N2OS. The molecule has 21 heavy (non-hydrogen) atoms. The summed E-state index contributed by atoms with van der Waals surface area (Å²) in [6.07, 6.45) is 3.47. The van der Waals surface area contributed by atoms with Crippen LogP contribution in [0.2, 0.25) is 0 Å². The van der Waals surface area contributed by atoms with Crippen LogP contribution < -0.4 is 5.32 Å². The maximum Gasteiger partial charge on any atom is 0.317 e. The lowest BCUT2D eigenvalue weighted by Gasteiger charge is -2.33. The van der Waals surface area contributed by atoms with Crippen LogP contribution >= 0.6 is 11.3 Å². The molecule has 1 fully saturated rings. The molecule has 1 aromatic rings. The van der Waals surface area contributed by atoms with Crippen LogP contribution in [0.3, 0.4) is 0 Å². The van der Waals surface area contributed by atoms with Gasteiger partial charge < -0.3 is 10.2 Å². The van der Waals surface area contributed by atoms with E-state index in [0.29, 0.717) is 0 Å². The van der Waals surface area contributed by atoms with Gasteiger partial charge in [-0.2, -0.15) is 0 Å². The molecule has 2 amide bonds. The minimum Gasteiger partial charge on any atom is -0.330 e. The smallest absolute Gasteiger partial charge is 0.317 e. The monoisotopic (exact) mass is 308 g/mol. The summed E-state index contributed by atoms with van der Waals surface area (Å²) in [7, 11) is 0.